The number of furan rings is 1. The van der Waals surface area contributed by atoms with E-state index in [4.69, 9.17) is 15.1 Å². The number of amidine groups is 1. The molecule has 0 saturated carbocycles. The Morgan fingerprint density at radius 3 is 2.46 bits per heavy atom. The standard InChI is InChI=1S/C52H39N3OS/c53-52(36-27-28-40-39-22-10-12-24-44(39)55(45(40)31-36)38-20-8-3-9-21-38)54-50-41-23-11-13-26-47(41)57-48(50)32-35-19-14-25-46-49(35)43-30-37(33-15-4-1-5-16-33)29-42(51(43)56-46)34-17-6-2-7-18-34/h1-4,6-15,17-31,39,44H,5,16,32H2,(H2,53,54). The average molecular weight is 754 g/mol. The van der Waals surface area contributed by atoms with Crippen LogP contribution in [0, 0.1) is 0 Å². The molecule has 2 aliphatic carbocycles. The summed E-state index contributed by atoms with van der Waals surface area (Å²) < 4.78 is 7.99. The maximum absolute atomic E-state index is 7.06. The fraction of sp³-hybridized carbons (Fsp3) is 0.0962. The zero-order chi connectivity index (χ0) is 37.9. The van der Waals surface area contributed by atoms with Crippen molar-refractivity contribution in [2.75, 3.05) is 4.90 Å². The molecule has 274 valence electrons. The first-order valence-electron chi connectivity index (χ1n) is 19.8. The van der Waals surface area contributed by atoms with Gasteiger partial charge in [-0.05, 0) is 83.1 Å². The van der Waals surface area contributed by atoms with Crippen LogP contribution in [0.15, 0.2) is 185 Å². The smallest absolute Gasteiger partial charge is 0.143 e. The lowest BCUT2D eigenvalue weighted by atomic mass is 9.91. The molecule has 2 unspecified atom stereocenters. The van der Waals surface area contributed by atoms with E-state index in [1.54, 1.807) is 11.3 Å². The fourth-order valence-electron chi connectivity index (χ4n) is 9.08. The van der Waals surface area contributed by atoms with Crippen LogP contribution >= 0.6 is 11.3 Å². The molecule has 1 aliphatic heterocycles. The quantitative estimate of drug-likeness (QED) is 0.130. The summed E-state index contributed by atoms with van der Waals surface area (Å²) in [5.41, 5.74) is 20.4. The highest BCUT2D eigenvalue weighted by Gasteiger charge is 2.37. The van der Waals surface area contributed by atoms with Crippen LogP contribution < -0.4 is 10.6 Å². The average Bonchev–Trinajstić information content (AvgIpc) is 3.93. The lowest BCUT2D eigenvalue weighted by Gasteiger charge is -2.28. The molecule has 2 atom stereocenters. The predicted molar refractivity (Wildman–Crippen MR) is 240 cm³/mol. The second-order valence-electron chi connectivity index (χ2n) is 15.1. The zero-order valence-electron chi connectivity index (χ0n) is 31.3. The molecule has 3 aliphatic rings. The van der Waals surface area contributed by atoms with Crippen LogP contribution in [0.25, 0.3) is 48.7 Å². The van der Waals surface area contributed by atoms with Crippen LogP contribution in [-0.2, 0) is 6.42 Å². The van der Waals surface area contributed by atoms with Crippen LogP contribution in [0.3, 0.4) is 0 Å². The van der Waals surface area contributed by atoms with Gasteiger partial charge in [0.1, 0.15) is 17.0 Å². The number of para-hydroxylation sites is 1. The van der Waals surface area contributed by atoms with Gasteiger partial charge >= 0.3 is 0 Å². The van der Waals surface area contributed by atoms with E-state index >= 15 is 0 Å². The zero-order valence-corrected chi connectivity index (χ0v) is 32.1. The van der Waals surface area contributed by atoms with E-state index in [1.165, 1.54) is 43.2 Å². The number of hydrogen-bond donors (Lipinski definition) is 1. The van der Waals surface area contributed by atoms with Gasteiger partial charge in [-0.2, -0.15) is 0 Å². The maximum Gasteiger partial charge on any atom is 0.143 e. The largest absolute Gasteiger partial charge is 0.455 e. The molecule has 2 N–H and O–H groups in total. The van der Waals surface area contributed by atoms with Crippen molar-refractivity contribution < 1.29 is 4.42 Å². The van der Waals surface area contributed by atoms with E-state index in [0.717, 1.165) is 62.5 Å². The lowest BCUT2D eigenvalue weighted by molar-refractivity contribution is 0.669. The summed E-state index contributed by atoms with van der Waals surface area (Å²) in [6, 6.07) is 47.8. The van der Waals surface area contributed by atoms with Crippen molar-refractivity contribution in [3.8, 4) is 11.1 Å². The van der Waals surface area contributed by atoms with Gasteiger partial charge < -0.3 is 15.1 Å². The van der Waals surface area contributed by atoms with E-state index < -0.39 is 0 Å². The predicted octanol–water partition coefficient (Wildman–Crippen LogP) is 13.6. The fourth-order valence-corrected chi connectivity index (χ4v) is 10.2. The number of hydrogen-bond acceptors (Lipinski definition) is 4. The number of rotatable bonds is 7. The molecule has 4 nitrogen and oxygen atoms in total. The highest BCUT2D eigenvalue weighted by atomic mass is 32.1. The van der Waals surface area contributed by atoms with E-state index in [9.17, 15) is 0 Å². The van der Waals surface area contributed by atoms with Gasteiger partial charge in [-0.25, -0.2) is 4.99 Å². The first kappa shape index (κ1) is 33.6. The van der Waals surface area contributed by atoms with E-state index in [-0.39, 0.29) is 12.0 Å². The second-order valence-corrected chi connectivity index (χ2v) is 16.3. The minimum atomic E-state index is 0.214. The molecule has 2 aromatic heterocycles. The third-order valence-corrected chi connectivity index (χ3v) is 12.9. The summed E-state index contributed by atoms with van der Waals surface area (Å²) >= 11 is 1.80. The first-order chi connectivity index (χ1) is 28.2. The van der Waals surface area contributed by atoms with Crippen molar-refractivity contribution in [2.24, 2.45) is 10.7 Å². The number of fused-ring (bicyclic) bond motifs is 7. The van der Waals surface area contributed by atoms with Crippen LogP contribution in [0.5, 0.6) is 0 Å². The van der Waals surface area contributed by atoms with Crippen molar-refractivity contribution >= 4 is 71.8 Å². The Morgan fingerprint density at radius 1 is 0.772 bits per heavy atom. The van der Waals surface area contributed by atoms with E-state index in [0.29, 0.717) is 12.3 Å². The van der Waals surface area contributed by atoms with Crippen molar-refractivity contribution in [3.05, 3.63) is 203 Å². The van der Waals surface area contributed by atoms with Crippen molar-refractivity contribution in [1.29, 1.82) is 0 Å². The van der Waals surface area contributed by atoms with Gasteiger partial charge in [-0.3, -0.25) is 0 Å². The first-order valence-corrected chi connectivity index (χ1v) is 20.6. The van der Waals surface area contributed by atoms with Gasteiger partial charge in [0.2, 0.25) is 0 Å². The van der Waals surface area contributed by atoms with Crippen molar-refractivity contribution in [1.82, 2.24) is 0 Å². The van der Waals surface area contributed by atoms with Gasteiger partial charge in [-0.1, -0.05) is 134 Å². The number of benzene rings is 6. The summed E-state index contributed by atoms with van der Waals surface area (Å²) in [6.45, 7) is 0. The summed E-state index contributed by atoms with van der Waals surface area (Å²) in [5, 5.41) is 3.41. The van der Waals surface area contributed by atoms with E-state index in [1.807, 2.05) is 0 Å². The van der Waals surface area contributed by atoms with Crippen LogP contribution in [0.2, 0.25) is 0 Å². The highest BCUT2D eigenvalue weighted by molar-refractivity contribution is 7.19. The molecule has 6 aromatic carbocycles. The van der Waals surface area contributed by atoms with Crippen LogP contribution in [0.1, 0.15) is 45.9 Å². The number of nitrogens with two attached hydrogens (primary N) is 1. The number of nitrogens with zero attached hydrogens (tertiary/aromatic N) is 2. The van der Waals surface area contributed by atoms with Crippen molar-refractivity contribution in [3.63, 3.8) is 0 Å². The van der Waals surface area contributed by atoms with Gasteiger partial charge in [0.15, 0.2) is 0 Å². The number of thiophene rings is 1. The number of anilines is 2. The third-order valence-electron chi connectivity index (χ3n) is 11.8. The number of allylic oxidation sites excluding steroid dienone is 6. The minimum Gasteiger partial charge on any atom is -0.455 e. The molecule has 3 heterocycles. The molecule has 0 bridgehead atoms. The Hall–Kier alpha value is -6.69. The Morgan fingerprint density at radius 2 is 1.60 bits per heavy atom. The lowest BCUT2D eigenvalue weighted by Crippen LogP contribution is -2.28. The molecule has 11 rings (SSSR count). The van der Waals surface area contributed by atoms with Gasteiger partial charge in [0.05, 0.1) is 11.7 Å². The van der Waals surface area contributed by atoms with Crippen LogP contribution in [-0.4, -0.2) is 11.9 Å². The molecular weight excluding hydrogens is 715 g/mol. The molecule has 0 spiro atoms. The molecule has 57 heavy (non-hydrogen) atoms. The molecule has 0 fully saturated rings. The Kier molecular flexibility index (Phi) is 8.14. The molecule has 0 radical (unpaired) electrons. The molecule has 5 heteroatoms. The number of aliphatic imine (C=N–C) groups is 1. The Labute approximate surface area is 335 Å². The molecular formula is C52H39N3OS. The second kappa shape index (κ2) is 13.8. The molecule has 0 amide bonds. The summed E-state index contributed by atoms with van der Waals surface area (Å²) in [4.78, 5) is 8.92. The summed E-state index contributed by atoms with van der Waals surface area (Å²) in [7, 11) is 0. The van der Waals surface area contributed by atoms with Crippen LogP contribution in [0.4, 0.5) is 17.1 Å². The van der Waals surface area contributed by atoms with E-state index in [2.05, 4.69) is 181 Å². The molecule has 8 aromatic rings. The summed E-state index contributed by atoms with van der Waals surface area (Å²) in [6.07, 6.45) is 18.4. The normalized spacial score (nSPS) is 17.4. The van der Waals surface area contributed by atoms with Gasteiger partial charge in [-0.15, -0.1) is 11.3 Å². The maximum atomic E-state index is 7.06. The topological polar surface area (TPSA) is 54.8 Å². The minimum absolute atomic E-state index is 0.214. The van der Waals surface area contributed by atoms with Crippen molar-refractivity contribution in [2.45, 2.75) is 31.2 Å². The van der Waals surface area contributed by atoms with Gasteiger partial charge in [0.25, 0.3) is 0 Å². The summed E-state index contributed by atoms with van der Waals surface area (Å²) in [5.74, 6) is 0.790. The SMILES string of the molecule is NC(=Nc1c(Cc2cccc3oc4c(-c5ccccc5)cc(C5=CC=CCC5)cc4c23)sc2ccccc12)c1ccc2c(c1)N(c1ccccc1)C1C=CC=CC21. The molecule has 0 saturated heterocycles. The monoisotopic (exact) mass is 753 g/mol. The highest BCUT2D eigenvalue weighted by Crippen LogP contribution is 2.49. The third kappa shape index (κ3) is 5.77. The Balaban J connectivity index is 1.04. The van der Waals surface area contributed by atoms with Gasteiger partial charge in [0, 0.05) is 60.6 Å². The Bertz CT molecular complexity index is 3020.